The Balaban J connectivity index is 1.65. The molecule has 23 heavy (non-hydrogen) atoms. The van der Waals surface area contributed by atoms with Crippen LogP contribution in [-0.4, -0.2) is 33.7 Å². The fraction of sp³-hybridized carbons (Fsp3) is 0.333. The summed E-state index contributed by atoms with van der Waals surface area (Å²) in [4.78, 5) is 25.4. The topological polar surface area (TPSA) is 67.3 Å². The zero-order valence-electron chi connectivity index (χ0n) is 12.4. The Morgan fingerprint density at radius 1 is 1.30 bits per heavy atom. The van der Waals surface area contributed by atoms with E-state index in [1.807, 2.05) is 0 Å². The van der Waals surface area contributed by atoms with E-state index < -0.39 is 11.6 Å². The Bertz CT molecular complexity index is 793. The van der Waals surface area contributed by atoms with Gasteiger partial charge in [-0.2, -0.15) is 0 Å². The lowest BCUT2D eigenvalue weighted by atomic mass is 10.1. The highest BCUT2D eigenvalue weighted by Gasteiger charge is 2.25. The van der Waals surface area contributed by atoms with E-state index in [0.717, 1.165) is 23.9 Å². The molecule has 6 nitrogen and oxygen atoms in total. The number of H-pyrrole nitrogens is 1. The number of aromatic nitrogens is 2. The van der Waals surface area contributed by atoms with Crippen molar-refractivity contribution in [1.82, 2.24) is 14.7 Å². The first-order chi connectivity index (χ1) is 10.9. The van der Waals surface area contributed by atoms with Gasteiger partial charge in [0.05, 0.1) is 12.2 Å². The maximum absolute atomic E-state index is 13.1. The van der Waals surface area contributed by atoms with Gasteiger partial charge in [0.15, 0.2) is 6.61 Å². The Morgan fingerprint density at radius 3 is 2.70 bits per heavy atom. The number of hydrogen-bond acceptors (Lipinski definition) is 3. The van der Waals surface area contributed by atoms with E-state index in [0.29, 0.717) is 25.1 Å². The first-order valence-corrected chi connectivity index (χ1v) is 7.07. The van der Waals surface area contributed by atoms with Crippen molar-refractivity contribution in [2.75, 3.05) is 13.2 Å². The summed E-state index contributed by atoms with van der Waals surface area (Å²) in [6.45, 7) is 0.376. The molecule has 0 spiro atoms. The fourth-order valence-corrected chi connectivity index (χ4v) is 2.65. The molecule has 122 valence electrons. The second kappa shape index (κ2) is 5.86. The number of aryl methyl sites for hydroxylation is 1. The van der Waals surface area contributed by atoms with Gasteiger partial charge in [0, 0.05) is 37.4 Å². The van der Waals surface area contributed by atoms with Crippen molar-refractivity contribution < 1.29 is 18.3 Å². The standard InChI is InChI=1S/C15H15F2N3O3/c1-19-13-7-20(3-2-12(13)15(22)18-19)14(21)8-23-11-5-9(16)4-10(17)6-11/h4-6H,2-3,7-8H2,1H3,(H,18,22). The van der Waals surface area contributed by atoms with Crippen LogP contribution in [0.5, 0.6) is 5.75 Å². The minimum absolute atomic E-state index is 0.0393. The van der Waals surface area contributed by atoms with E-state index in [9.17, 15) is 18.4 Å². The van der Waals surface area contributed by atoms with E-state index in [4.69, 9.17) is 4.74 Å². The minimum Gasteiger partial charge on any atom is -0.484 e. The summed E-state index contributed by atoms with van der Waals surface area (Å²) in [5.41, 5.74) is 1.30. The number of rotatable bonds is 3. The molecule has 0 atom stereocenters. The molecule has 1 amide bonds. The molecule has 1 aliphatic heterocycles. The highest BCUT2D eigenvalue weighted by molar-refractivity contribution is 5.78. The second-order valence-electron chi connectivity index (χ2n) is 5.38. The first kappa shape index (κ1) is 15.3. The summed E-state index contributed by atoms with van der Waals surface area (Å²) in [5, 5.41) is 2.66. The van der Waals surface area contributed by atoms with Gasteiger partial charge in [0.1, 0.15) is 17.4 Å². The molecule has 0 saturated heterocycles. The number of carbonyl (C=O) groups is 1. The number of carbonyl (C=O) groups excluding carboxylic acids is 1. The number of fused-ring (bicyclic) bond motifs is 1. The van der Waals surface area contributed by atoms with E-state index in [2.05, 4.69) is 5.10 Å². The van der Waals surface area contributed by atoms with Crippen LogP contribution >= 0.6 is 0 Å². The summed E-state index contributed by atoms with van der Waals surface area (Å²) in [6.07, 6.45) is 0.464. The predicted molar refractivity (Wildman–Crippen MR) is 77.0 cm³/mol. The van der Waals surface area contributed by atoms with Crippen molar-refractivity contribution in [1.29, 1.82) is 0 Å². The fourth-order valence-electron chi connectivity index (χ4n) is 2.65. The van der Waals surface area contributed by atoms with Crippen molar-refractivity contribution >= 4 is 5.91 Å². The number of benzene rings is 1. The van der Waals surface area contributed by atoms with Crippen LogP contribution in [0.25, 0.3) is 0 Å². The smallest absolute Gasteiger partial charge is 0.267 e. The quantitative estimate of drug-likeness (QED) is 0.915. The maximum atomic E-state index is 13.1. The molecule has 1 aromatic carbocycles. The molecular formula is C15H15F2N3O3. The second-order valence-corrected chi connectivity index (χ2v) is 5.38. The number of ether oxygens (including phenoxy) is 1. The molecule has 0 saturated carbocycles. The van der Waals surface area contributed by atoms with E-state index in [1.165, 1.54) is 0 Å². The van der Waals surface area contributed by atoms with Gasteiger partial charge in [0.25, 0.3) is 11.5 Å². The largest absolute Gasteiger partial charge is 0.484 e. The van der Waals surface area contributed by atoms with Crippen LogP contribution < -0.4 is 10.3 Å². The third-order valence-electron chi connectivity index (χ3n) is 3.82. The first-order valence-electron chi connectivity index (χ1n) is 7.07. The van der Waals surface area contributed by atoms with Crippen molar-refractivity contribution in [3.05, 3.63) is 51.4 Å². The summed E-state index contributed by atoms with van der Waals surface area (Å²) >= 11 is 0. The van der Waals surface area contributed by atoms with Gasteiger partial charge in [-0.15, -0.1) is 0 Å². The monoisotopic (exact) mass is 323 g/mol. The van der Waals surface area contributed by atoms with Gasteiger partial charge in [0.2, 0.25) is 0 Å². The Labute approximate surface area is 130 Å². The average molecular weight is 323 g/mol. The van der Waals surface area contributed by atoms with Crippen molar-refractivity contribution in [2.45, 2.75) is 13.0 Å². The van der Waals surface area contributed by atoms with Crippen molar-refractivity contribution in [3.63, 3.8) is 0 Å². The van der Waals surface area contributed by atoms with Gasteiger partial charge in [-0.3, -0.25) is 19.4 Å². The number of hydrogen-bond donors (Lipinski definition) is 1. The third-order valence-corrected chi connectivity index (χ3v) is 3.82. The van der Waals surface area contributed by atoms with Gasteiger partial charge in [-0.05, 0) is 6.42 Å². The molecule has 2 aromatic rings. The number of aromatic amines is 1. The van der Waals surface area contributed by atoms with Crippen molar-refractivity contribution in [3.8, 4) is 5.75 Å². The maximum Gasteiger partial charge on any atom is 0.267 e. The Morgan fingerprint density at radius 2 is 2.00 bits per heavy atom. The molecule has 1 aromatic heterocycles. The average Bonchev–Trinajstić information content (AvgIpc) is 2.78. The molecule has 1 N–H and O–H groups in total. The Hall–Kier alpha value is -2.64. The summed E-state index contributed by atoms with van der Waals surface area (Å²) in [6, 6.07) is 2.76. The van der Waals surface area contributed by atoms with Crippen LogP contribution in [-0.2, 0) is 24.8 Å². The molecule has 0 fully saturated rings. The Kier molecular flexibility index (Phi) is 3.89. The third kappa shape index (κ3) is 3.10. The van der Waals surface area contributed by atoms with Crippen molar-refractivity contribution in [2.24, 2.45) is 7.05 Å². The zero-order valence-corrected chi connectivity index (χ0v) is 12.4. The van der Waals surface area contributed by atoms with E-state index >= 15 is 0 Å². The molecule has 0 bridgehead atoms. The molecule has 0 unspecified atom stereocenters. The summed E-state index contributed by atoms with van der Waals surface area (Å²) in [7, 11) is 1.71. The molecule has 3 rings (SSSR count). The lowest BCUT2D eigenvalue weighted by Crippen LogP contribution is -2.40. The van der Waals surface area contributed by atoms with Crippen LogP contribution in [0.1, 0.15) is 11.3 Å². The molecular weight excluding hydrogens is 308 g/mol. The lowest BCUT2D eigenvalue weighted by molar-refractivity contribution is -0.134. The number of amides is 1. The molecule has 8 heteroatoms. The molecule has 2 heterocycles. The van der Waals surface area contributed by atoms with Crippen LogP contribution in [0.4, 0.5) is 8.78 Å². The van der Waals surface area contributed by atoms with Gasteiger partial charge in [-0.25, -0.2) is 8.78 Å². The zero-order chi connectivity index (χ0) is 16.6. The van der Waals surface area contributed by atoms with Gasteiger partial charge >= 0.3 is 0 Å². The number of nitrogens with zero attached hydrogens (tertiary/aromatic N) is 2. The normalized spacial score (nSPS) is 13.8. The highest BCUT2D eigenvalue weighted by atomic mass is 19.1. The number of nitrogens with one attached hydrogen (secondary N) is 1. The van der Waals surface area contributed by atoms with Crippen LogP contribution in [0, 0.1) is 11.6 Å². The molecule has 0 radical (unpaired) electrons. The summed E-state index contributed by atoms with van der Waals surface area (Å²) < 4.78 is 32.9. The summed E-state index contributed by atoms with van der Waals surface area (Å²) in [5.74, 6) is -1.88. The van der Waals surface area contributed by atoms with E-state index in [1.54, 1.807) is 16.6 Å². The van der Waals surface area contributed by atoms with Crippen LogP contribution in [0.15, 0.2) is 23.0 Å². The van der Waals surface area contributed by atoms with Crippen LogP contribution in [0.3, 0.4) is 0 Å². The van der Waals surface area contributed by atoms with E-state index in [-0.39, 0.29) is 23.8 Å². The van der Waals surface area contributed by atoms with Gasteiger partial charge in [-0.1, -0.05) is 0 Å². The lowest BCUT2D eigenvalue weighted by Gasteiger charge is -2.27. The number of halogens is 2. The molecule has 1 aliphatic rings. The predicted octanol–water partition coefficient (Wildman–Crippen LogP) is 0.955. The molecule has 0 aliphatic carbocycles. The minimum atomic E-state index is -0.766. The van der Waals surface area contributed by atoms with Crippen LogP contribution in [0.2, 0.25) is 0 Å². The SMILES string of the molecule is Cn1[nH]c(=O)c2c1CN(C(=O)COc1cc(F)cc(F)c1)CC2. The highest BCUT2D eigenvalue weighted by Crippen LogP contribution is 2.17. The van der Waals surface area contributed by atoms with Gasteiger partial charge < -0.3 is 9.64 Å².